The number of hydrogen-bond acceptors (Lipinski definition) is 1. The standard InChI is InChI=1S/C16H12Cl2N2/c17-13-7-6-12(15(18)9-13)8-14-10-19-16(20-14)11-4-2-1-3-5-11/h1-7,9-10H,8H2,(H,19,20). The van der Waals surface area contributed by atoms with Crippen LogP contribution in [0.5, 0.6) is 0 Å². The predicted molar refractivity (Wildman–Crippen MR) is 83.3 cm³/mol. The maximum atomic E-state index is 6.18. The highest BCUT2D eigenvalue weighted by Crippen LogP contribution is 2.24. The molecule has 0 spiro atoms. The second-order valence-electron chi connectivity index (χ2n) is 4.52. The van der Waals surface area contributed by atoms with Crippen LogP contribution in [0.4, 0.5) is 0 Å². The highest BCUT2D eigenvalue weighted by atomic mass is 35.5. The van der Waals surface area contributed by atoms with Crippen LogP contribution in [0.15, 0.2) is 54.7 Å². The van der Waals surface area contributed by atoms with Crippen molar-refractivity contribution in [3.63, 3.8) is 0 Å². The Balaban J connectivity index is 1.84. The molecule has 0 radical (unpaired) electrons. The smallest absolute Gasteiger partial charge is 0.137 e. The van der Waals surface area contributed by atoms with Crippen molar-refractivity contribution in [2.45, 2.75) is 6.42 Å². The number of hydrogen-bond donors (Lipinski definition) is 1. The summed E-state index contributed by atoms with van der Waals surface area (Å²) >= 11 is 12.1. The molecule has 0 amide bonds. The molecule has 3 rings (SSSR count). The Morgan fingerprint density at radius 2 is 1.80 bits per heavy atom. The van der Waals surface area contributed by atoms with E-state index in [4.69, 9.17) is 23.2 Å². The van der Waals surface area contributed by atoms with E-state index in [0.717, 1.165) is 22.6 Å². The molecule has 0 unspecified atom stereocenters. The fourth-order valence-corrected chi connectivity index (χ4v) is 2.53. The van der Waals surface area contributed by atoms with Crippen molar-refractivity contribution in [1.29, 1.82) is 0 Å². The summed E-state index contributed by atoms with van der Waals surface area (Å²) < 4.78 is 0. The molecule has 2 aromatic carbocycles. The van der Waals surface area contributed by atoms with Gasteiger partial charge in [-0.3, -0.25) is 0 Å². The molecule has 100 valence electrons. The lowest BCUT2D eigenvalue weighted by Crippen LogP contribution is -1.90. The molecule has 20 heavy (non-hydrogen) atoms. The zero-order chi connectivity index (χ0) is 13.9. The molecular weight excluding hydrogens is 291 g/mol. The highest BCUT2D eigenvalue weighted by Gasteiger charge is 2.07. The van der Waals surface area contributed by atoms with Crippen LogP contribution in [0.25, 0.3) is 11.4 Å². The van der Waals surface area contributed by atoms with Crippen LogP contribution < -0.4 is 0 Å². The summed E-state index contributed by atoms with van der Waals surface area (Å²) in [5.41, 5.74) is 3.04. The Hall–Kier alpha value is -1.77. The van der Waals surface area contributed by atoms with E-state index in [1.807, 2.05) is 48.7 Å². The lowest BCUT2D eigenvalue weighted by atomic mass is 10.1. The molecule has 0 saturated carbocycles. The quantitative estimate of drug-likeness (QED) is 0.726. The Morgan fingerprint density at radius 1 is 1.00 bits per heavy atom. The molecule has 0 aliphatic rings. The molecule has 0 atom stereocenters. The van der Waals surface area contributed by atoms with Crippen molar-refractivity contribution in [3.8, 4) is 11.4 Å². The minimum atomic E-state index is 0.644. The number of halogens is 2. The zero-order valence-electron chi connectivity index (χ0n) is 10.6. The van der Waals surface area contributed by atoms with Crippen LogP contribution in [0, 0.1) is 0 Å². The van der Waals surface area contributed by atoms with Crippen LogP contribution in [-0.4, -0.2) is 9.97 Å². The Morgan fingerprint density at radius 3 is 2.55 bits per heavy atom. The number of imidazole rings is 1. The number of nitrogens with one attached hydrogen (secondary N) is 1. The van der Waals surface area contributed by atoms with Gasteiger partial charge in [-0.05, 0) is 17.7 Å². The van der Waals surface area contributed by atoms with E-state index in [9.17, 15) is 0 Å². The molecule has 2 nitrogen and oxygen atoms in total. The molecule has 3 aromatic rings. The van der Waals surface area contributed by atoms with Gasteiger partial charge in [0.25, 0.3) is 0 Å². The van der Waals surface area contributed by atoms with Gasteiger partial charge in [0.15, 0.2) is 0 Å². The van der Waals surface area contributed by atoms with Gasteiger partial charge >= 0.3 is 0 Å². The van der Waals surface area contributed by atoms with Gasteiger partial charge in [0.05, 0.1) is 5.69 Å². The van der Waals surface area contributed by atoms with E-state index in [1.165, 1.54) is 0 Å². The van der Waals surface area contributed by atoms with Crippen LogP contribution in [0.3, 0.4) is 0 Å². The maximum absolute atomic E-state index is 6.18. The van der Waals surface area contributed by atoms with E-state index >= 15 is 0 Å². The number of aromatic amines is 1. The summed E-state index contributed by atoms with van der Waals surface area (Å²) in [6, 6.07) is 15.6. The number of nitrogens with zero attached hydrogens (tertiary/aromatic N) is 1. The topological polar surface area (TPSA) is 28.7 Å². The van der Waals surface area contributed by atoms with E-state index < -0.39 is 0 Å². The third-order valence-corrected chi connectivity index (χ3v) is 3.65. The molecule has 0 saturated heterocycles. The van der Waals surface area contributed by atoms with Gasteiger partial charge < -0.3 is 4.98 Å². The summed E-state index contributed by atoms with van der Waals surface area (Å²) in [5, 5.41) is 1.31. The third kappa shape index (κ3) is 2.87. The van der Waals surface area contributed by atoms with Crippen molar-refractivity contribution in [1.82, 2.24) is 9.97 Å². The lowest BCUT2D eigenvalue weighted by molar-refractivity contribution is 1.11. The fourth-order valence-electron chi connectivity index (χ4n) is 2.05. The van der Waals surface area contributed by atoms with Gasteiger partial charge in [0.1, 0.15) is 5.82 Å². The lowest BCUT2D eigenvalue weighted by Gasteiger charge is -2.02. The molecule has 1 heterocycles. The third-order valence-electron chi connectivity index (χ3n) is 3.06. The summed E-state index contributed by atoms with van der Waals surface area (Å²) in [4.78, 5) is 7.79. The van der Waals surface area contributed by atoms with E-state index in [1.54, 1.807) is 6.07 Å². The summed E-state index contributed by atoms with van der Waals surface area (Å²) in [6.45, 7) is 0. The van der Waals surface area contributed by atoms with Crippen molar-refractivity contribution >= 4 is 23.2 Å². The average Bonchev–Trinajstić information content (AvgIpc) is 2.92. The number of aromatic nitrogens is 2. The zero-order valence-corrected chi connectivity index (χ0v) is 12.1. The minimum absolute atomic E-state index is 0.644. The Kier molecular flexibility index (Phi) is 3.77. The van der Waals surface area contributed by atoms with Crippen molar-refractivity contribution in [2.24, 2.45) is 0 Å². The second kappa shape index (κ2) is 5.70. The normalized spacial score (nSPS) is 10.7. The number of benzene rings is 2. The number of rotatable bonds is 3. The molecule has 1 N–H and O–H groups in total. The largest absolute Gasteiger partial charge is 0.344 e. The van der Waals surface area contributed by atoms with Gasteiger partial charge in [-0.2, -0.15) is 0 Å². The first-order valence-electron chi connectivity index (χ1n) is 6.26. The first-order chi connectivity index (χ1) is 9.72. The van der Waals surface area contributed by atoms with Gasteiger partial charge in [0, 0.05) is 28.2 Å². The van der Waals surface area contributed by atoms with Gasteiger partial charge in [0.2, 0.25) is 0 Å². The molecular formula is C16H12Cl2N2. The van der Waals surface area contributed by atoms with E-state index in [-0.39, 0.29) is 0 Å². The highest BCUT2D eigenvalue weighted by molar-refractivity contribution is 6.35. The molecule has 0 aliphatic heterocycles. The molecule has 0 bridgehead atoms. The summed E-state index contributed by atoms with van der Waals surface area (Å²) in [7, 11) is 0. The van der Waals surface area contributed by atoms with Crippen LogP contribution in [-0.2, 0) is 6.42 Å². The van der Waals surface area contributed by atoms with E-state index in [0.29, 0.717) is 16.5 Å². The second-order valence-corrected chi connectivity index (χ2v) is 5.36. The van der Waals surface area contributed by atoms with Crippen molar-refractivity contribution < 1.29 is 0 Å². The first kappa shape index (κ1) is 13.2. The minimum Gasteiger partial charge on any atom is -0.344 e. The van der Waals surface area contributed by atoms with Gasteiger partial charge in [-0.25, -0.2) is 4.98 Å². The van der Waals surface area contributed by atoms with Crippen LogP contribution >= 0.6 is 23.2 Å². The van der Waals surface area contributed by atoms with Gasteiger partial charge in [-0.1, -0.05) is 59.6 Å². The Labute approximate surface area is 127 Å². The SMILES string of the molecule is Clc1ccc(Cc2c[nH]c(-c3ccccc3)n2)c(Cl)c1. The maximum Gasteiger partial charge on any atom is 0.137 e. The predicted octanol–water partition coefficient (Wildman–Crippen LogP) is 4.97. The van der Waals surface area contributed by atoms with E-state index in [2.05, 4.69) is 9.97 Å². The van der Waals surface area contributed by atoms with Crippen LogP contribution in [0.2, 0.25) is 10.0 Å². The van der Waals surface area contributed by atoms with Crippen molar-refractivity contribution in [2.75, 3.05) is 0 Å². The van der Waals surface area contributed by atoms with Crippen molar-refractivity contribution in [3.05, 3.63) is 76.0 Å². The van der Waals surface area contributed by atoms with Gasteiger partial charge in [-0.15, -0.1) is 0 Å². The summed E-state index contributed by atoms with van der Waals surface area (Å²) in [5.74, 6) is 0.866. The Bertz CT molecular complexity index is 720. The summed E-state index contributed by atoms with van der Waals surface area (Å²) in [6.07, 6.45) is 2.59. The van der Waals surface area contributed by atoms with Crippen LogP contribution in [0.1, 0.15) is 11.3 Å². The molecule has 0 fully saturated rings. The molecule has 4 heteroatoms. The molecule has 0 aliphatic carbocycles. The number of H-pyrrole nitrogens is 1. The average molecular weight is 303 g/mol. The monoisotopic (exact) mass is 302 g/mol. The first-order valence-corrected chi connectivity index (χ1v) is 7.01. The fraction of sp³-hybridized carbons (Fsp3) is 0.0625. The molecule has 1 aromatic heterocycles.